The molecular weight excluding hydrogens is 446 g/mol. The van der Waals surface area contributed by atoms with Crippen LogP contribution in [0.25, 0.3) is 6.08 Å². The number of unbranched alkanes of at least 4 members (excludes halogenated alkanes) is 1. The summed E-state index contributed by atoms with van der Waals surface area (Å²) >= 11 is 6.97. The molecule has 0 aliphatic rings. The molecule has 5 heteroatoms. The molecule has 0 aliphatic heterocycles. The molecule has 2 rings (SSSR count). The molecule has 0 saturated carbocycles. The van der Waals surface area contributed by atoms with Crippen molar-refractivity contribution in [3.63, 3.8) is 0 Å². The van der Waals surface area contributed by atoms with E-state index in [4.69, 9.17) is 4.74 Å². The van der Waals surface area contributed by atoms with Gasteiger partial charge in [0.2, 0.25) is 5.91 Å². The molecule has 0 aliphatic carbocycles. The molecule has 0 radical (unpaired) electrons. The molecule has 1 amide bonds. The molecule has 0 fully saturated rings. The molecule has 0 atom stereocenters. The average Bonchev–Trinajstić information content (AvgIpc) is 2.60. The second kappa shape index (κ2) is 9.78. The van der Waals surface area contributed by atoms with Gasteiger partial charge in [-0.2, -0.15) is 0 Å². The molecule has 1 N–H and O–H groups in total. The number of hydrogen-bond acceptors (Lipinski definition) is 2. The SMILES string of the molecule is CCCCc1ccc(NC(=O)/C=C/c2ccc(OC)c(Br)c2)c(Br)c1. The topological polar surface area (TPSA) is 38.3 Å². The van der Waals surface area contributed by atoms with E-state index in [0.717, 1.165) is 38.8 Å². The fourth-order valence-corrected chi connectivity index (χ4v) is 3.41. The molecule has 0 heterocycles. The standard InChI is InChI=1S/C20H21Br2NO2/c1-3-4-5-14-6-9-18(16(21)12-14)23-20(24)11-8-15-7-10-19(25-2)17(22)13-15/h6-13H,3-5H2,1-2H3,(H,23,24)/b11-8+. The van der Waals surface area contributed by atoms with E-state index < -0.39 is 0 Å². The molecule has 2 aromatic carbocycles. The number of methoxy groups -OCH3 is 1. The highest BCUT2D eigenvalue weighted by Gasteiger charge is 2.05. The normalized spacial score (nSPS) is 10.9. The van der Waals surface area contributed by atoms with Crippen LogP contribution in [0.15, 0.2) is 51.4 Å². The minimum atomic E-state index is -0.172. The first-order chi connectivity index (χ1) is 12.0. The van der Waals surface area contributed by atoms with Crippen molar-refractivity contribution < 1.29 is 9.53 Å². The number of aryl methyl sites for hydroxylation is 1. The molecule has 0 unspecified atom stereocenters. The summed E-state index contributed by atoms with van der Waals surface area (Å²) in [6.45, 7) is 2.18. The number of amides is 1. The van der Waals surface area contributed by atoms with Crippen LogP contribution in [-0.2, 0) is 11.2 Å². The van der Waals surface area contributed by atoms with Gasteiger partial charge in [0.25, 0.3) is 0 Å². The van der Waals surface area contributed by atoms with E-state index in [9.17, 15) is 4.79 Å². The van der Waals surface area contributed by atoms with Gasteiger partial charge in [-0.25, -0.2) is 0 Å². The number of nitrogens with one attached hydrogen (secondary N) is 1. The van der Waals surface area contributed by atoms with Crippen molar-refractivity contribution in [1.29, 1.82) is 0 Å². The van der Waals surface area contributed by atoms with Crippen molar-refractivity contribution in [2.75, 3.05) is 12.4 Å². The predicted molar refractivity (Wildman–Crippen MR) is 111 cm³/mol. The maximum atomic E-state index is 12.1. The van der Waals surface area contributed by atoms with E-state index in [1.54, 1.807) is 13.2 Å². The fourth-order valence-electron chi connectivity index (χ4n) is 2.33. The largest absolute Gasteiger partial charge is 0.496 e. The lowest BCUT2D eigenvalue weighted by atomic mass is 10.1. The van der Waals surface area contributed by atoms with Crippen molar-refractivity contribution >= 4 is 49.5 Å². The Balaban J connectivity index is 2.01. The molecule has 132 valence electrons. The van der Waals surface area contributed by atoms with Gasteiger partial charge in [-0.05, 0) is 86.2 Å². The quantitative estimate of drug-likeness (QED) is 0.492. The summed E-state index contributed by atoms with van der Waals surface area (Å²) < 4.78 is 6.94. The summed E-state index contributed by atoms with van der Waals surface area (Å²) in [7, 11) is 1.62. The number of hydrogen-bond donors (Lipinski definition) is 1. The van der Waals surface area contributed by atoms with E-state index in [1.165, 1.54) is 18.1 Å². The van der Waals surface area contributed by atoms with Crippen molar-refractivity contribution in [1.82, 2.24) is 0 Å². The lowest BCUT2D eigenvalue weighted by molar-refractivity contribution is -0.111. The first-order valence-corrected chi connectivity index (χ1v) is 9.73. The number of ether oxygens (including phenoxy) is 1. The summed E-state index contributed by atoms with van der Waals surface area (Å²) in [6, 6.07) is 11.7. The van der Waals surface area contributed by atoms with Gasteiger partial charge in [-0.1, -0.05) is 25.5 Å². The summed E-state index contributed by atoms with van der Waals surface area (Å²) in [5, 5.41) is 2.89. The fraction of sp³-hybridized carbons (Fsp3) is 0.250. The van der Waals surface area contributed by atoms with Crippen molar-refractivity contribution in [2.45, 2.75) is 26.2 Å². The van der Waals surface area contributed by atoms with E-state index in [1.807, 2.05) is 24.3 Å². The summed E-state index contributed by atoms with van der Waals surface area (Å²) in [5.41, 5.74) is 2.95. The maximum Gasteiger partial charge on any atom is 0.248 e. The van der Waals surface area contributed by atoms with Gasteiger partial charge in [0.15, 0.2) is 0 Å². The van der Waals surface area contributed by atoms with Crippen LogP contribution < -0.4 is 10.1 Å². The Morgan fingerprint density at radius 1 is 1.16 bits per heavy atom. The van der Waals surface area contributed by atoms with Crippen LogP contribution >= 0.6 is 31.9 Å². The Morgan fingerprint density at radius 2 is 1.96 bits per heavy atom. The van der Waals surface area contributed by atoms with Gasteiger partial charge < -0.3 is 10.1 Å². The summed E-state index contributed by atoms with van der Waals surface area (Å²) in [4.78, 5) is 12.1. The van der Waals surface area contributed by atoms with Gasteiger partial charge in [0.1, 0.15) is 5.75 Å². The average molecular weight is 467 g/mol. The number of carbonyl (C=O) groups excluding carboxylic acids is 1. The predicted octanol–water partition coefficient (Wildman–Crippen LogP) is 6.21. The van der Waals surface area contributed by atoms with Crippen LogP contribution in [0.4, 0.5) is 5.69 Å². The van der Waals surface area contributed by atoms with Gasteiger partial charge in [0.05, 0.1) is 17.3 Å². The molecule has 3 nitrogen and oxygen atoms in total. The molecule has 0 aromatic heterocycles. The van der Waals surface area contributed by atoms with Crippen LogP contribution in [0.3, 0.4) is 0 Å². The molecular formula is C20H21Br2NO2. The van der Waals surface area contributed by atoms with Crippen LogP contribution in [0.5, 0.6) is 5.75 Å². The number of carbonyl (C=O) groups is 1. The Hall–Kier alpha value is -1.59. The Bertz CT molecular complexity index is 772. The smallest absolute Gasteiger partial charge is 0.248 e. The Kier molecular flexibility index (Phi) is 7.72. The highest BCUT2D eigenvalue weighted by Crippen LogP contribution is 2.26. The van der Waals surface area contributed by atoms with Gasteiger partial charge in [-0.3, -0.25) is 4.79 Å². The first kappa shape index (κ1) is 19.7. The maximum absolute atomic E-state index is 12.1. The Morgan fingerprint density at radius 3 is 2.60 bits per heavy atom. The van der Waals surface area contributed by atoms with Crippen molar-refractivity contribution in [3.05, 3.63) is 62.5 Å². The van der Waals surface area contributed by atoms with Gasteiger partial charge in [0, 0.05) is 10.5 Å². The monoisotopic (exact) mass is 465 g/mol. The second-order valence-corrected chi connectivity index (χ2v) is 7.34. The van der Waals surface area contributed by atoms with E-state index in [-0.39, 0.29) is 5.91 Å². The van der Waals surface area contributed by atoms with Crippen molar-refractivity contribution in [3.8, 4) is 5.75 Å². The van der Waals surface area contributed by atoms with Crippen LogP contribution in [-0.4, -0.2) is 13.0 Å². The van der Waals surface area contributed by atoms with Gasteiger partial charge >= 0.3 is 0 Å². The summed E-state index contributed by atoms with van der Waals surface area (Å²) in [6.07, 6.45) is 6.67. The lowest BCUT2D eigenvalue weighted by Gasteiger charge is -2.08. The van der Waals surface area contributed by atoms with E-state index in [0.29, 0.717) is 0 Å². The zero-order valence-corrected chi connectivity index (χ0v) is 17.5. The zero-order valence-electron chi connectivity index (χ0n) is 14.3. The van der Waals surface area contributed by atoms with Crippen LogP contribution in [0, 0.1) is 0 Å². The molecule has 0 saturated heterocycles. The second-order valence-electron chi connectivity index (χ2n) is 5.63. The molecule has 0 spiro atoms. The Labute approximate surface area is 165 Å². The van der Waals surface area contributed by atoms with Gasteiger partial charge in [-0.15, -0.1) is 0 Å². The third-order valence-electron chi connectivity index (χ3n) is 3.71. The number of halogens is 2. The minimum Gasteiger partial charge on any atom is -0.496 e. The minimum absolute atomic E-state index is 0.172. The van der Waals surface area contributed by atoms with Crippen molar-refractivity contribution in [2.24, 2.45) is 0 Å². The number of anilines is 1. The molecule has 0 bridgehead atoms. The highest BCUT2D eigenvalue weighted by atomic mass is 79.9. The van der Waals surface area contributed by atoms with E-state index in [2.05, 4.69) is 56.2 Å². The van der Waals surface area contributed by atoms with Crippen LogP contribution in [0.1, 0.15) is 30.9 Å². The first-order valence-electron chi connectivity index (χ1n) is 8.14. The third-order valence-corrected chi connectivity index (χ3v) is 4.99. The molecule has 2 aromatic rings. The number of benzene rings is 2. The zero-order chi connectivity index (χ0) is 18.2. The summed E-state index contributed by atoms with van der Waals surface area (Å²) in [5.74, 6) is 0.586. The van der Waals surface area contributed by atoms with Crippen LogP contribution in [0.2, 0.25) is 0 Å². The van der Waals surface area contributed by atoms with E-state index >= 15 is 0 Å². The highest BCUT2D eigenvalue weighted by molar-refractivity contribution is 9.11. The molecule has 25 heavy (non-hydrogen) atoms. The lowest BCUT2D eigenvalue weighted by Crippen LogP contribution is -2.08. The third kappa shape index (κ3) is 6.01. The number of rotatable bonds is 7.